The molecule has 23 heavy (non-hydrogen) atoms. The molecule has 0 nitrogen and oxygen atoms in total. The van der Waals surface area contributed by atoms with Gasteiger partial charge in [0.2, 0.25) is 0 Å². The van der Waals surface area contributed by atoms with Gasteiger partial charge in [0.1, 0.15) is 0 Å². The van der Waals surface area contributed by atoms with E-state index >= 15 is 0 Å². The van der Waals surface area contributed by atoms with Crippen molar-refractivity contribution in [2.45, 2.75) is 35.0 Å². The van der Waals surface area contributed by atoms with Gasteiger partial charge in [0.25, 0.3) is 0 Å². The molecule has 4 rings (SSSR count). The van der Waals surface area contributed by atoms with Gasteiger partial charge in [0, 0.05) is 0 Å². The van der Waals surface area contributed by atoms with Gasteiger partial charge in [-0.1, -0.05) is 0 Å². The van der Waals surface area contributed by atoms with Crippen molar-refractivity contribution in [1.82, 2.24) is 0 Å². The van der Waals surface area contributed by atoms with E-state index in [1.165, 1.54) is 33.4 Å². The summed E-state index contributed by atoms with van der Waals surface area (Å²) in [4.78, 5) is 0. The second kappa shape index (κ2) is 5.70. The second-order valence-electron chi connectivity index (χ2n) is 6.89. The molecule has 1 heteroatoms. The van der Waals surface area contributed by atoms with Crippen molar-refractivity contribution in [1.29, 1.82) is 0 Å². The Hall–Kier alpha value is -1.21. The van der Waals surface area contributed by atoms with Crippen LogP contribution in [0.2, 0.25) is 0 Å². The van der Waals surface area contributed by atoms with Gasteiger partial charge < -0.3 is 0 Å². The predicted octanol–water partition coefficient (Wildman–Crippen LogP) is 5.84. The van der Waals surface area contributed by atoms with E-state index in [2.05, 4.69) is 76.3 Å². The van der Waals surface area contributed by atoms with Crippen molar-refractivity contribution < 1.29 is 22.9 Å². The molecule has 0 aromatic heterocycles. The van der Waals surface area contributed by atoms with Crippen molar-refractivity contribution in [2.75, 3.05) is 0 Å². The number of allylic oxidation sites excluding steroid dienone is 2. The fourth-order valence-electron chi connectivity index (χ4n) is 4.03. The molecule has 2 aliphatic rings. The van der Waals surface area contributed by atoms with Crippen LogP contribution in [0.4, 0.5) is 0 Å². The Morgan fingerprint density at radius 1 is 0.609 bits per heavy atom. The van der Waals surface area contributed by atoms with E-state index in [9.17, 15) is 0 Å². The molecule has 0 heterocycles. The first-order valence-electron chi connectivity index (χ1n) is 8.39. The van der Waals surface area contributed by atoms with Gasteiger partial charge in [-0.15, -0.1) is 0 Å². The Morgan fingerprint density at radius 3 is 1.43 bits per heavy atom. The van der Waals surface area contributed by atoms with Crippen molar-refractivity contribution in [3.63, 3.8) is 0 Å². The van der Waals surface area contributed by atoms with Crippen LogP contribution >= 0.6 is 0 Å². The SMILES string of the molecule is Cc1ccc(C)c2c1C=C[CH]2[Hf][CH]1C=Cc2c(C)ccc(C)c21. The summed E-state index contributed by atoms with van der Waals surface area (Å²) in [5, 5.41) is 0. The van der Waals surface area contributed by atoms with Crippen molar-refractivity contribution >= 4 is 12.2 Å². The molecule has 0 fully saturated rings. The van der Waals surface area contributed by atoms with E-state index < -0.39 is 22.9 Å². The van der Waals surface area contributed by atoms with Crippen LogP contribution in [0.15, 0.2) is 36.4 Å². The first-order valence-corrected chi connectivity index (χ1v) is 12.5. The van der Waals surface area contributed by atoms with Crippen LogP contribution in [0.3, 0.4) is 0 Å². The van der Waals surface area contributed by atoms with Crippen LogP contribution in [0.1, 0.15) is 51.9 Å². The summed E-state index contributed by atoms with van der Waals surface area (Å²) in [5.41, 5.74) is 12.1. The molecule has 114 valence electrons. The van der Waals surface area contributed by atoms with Gasteiger partial charge in [-0.3, -0.25) is 0 Å². The molecule has 2 aliphatic carbocycles. The number of benzene rings is 2. The van der Waals surface area contributed by atoms with Gasteiger partial charge in [0.05, 0.1) is 0 Å². The Balaban J connectivity index is 1.70. The molecular weight excluding hydrogens is 443 g/mol. The molecule has 2 atom stereocenters. The first kappa shape index (κ1) is 15.3. The minimum atomic E-state index is -0.895. The molecule has 0 N–H and O–H groups in total. The van der Waals surface area contributed by atoms with E-state index in [0.717, 1.165) is 7.35 Å². The molecule has 0 radical (unpaired) electrons. The third-order valence-electron chi connectivity index (χ3n) is 5.34. The molecule has 0 bridgehead atoms. The monoisotopic (exact) mass is 466 g/mol. The Kier molecular flexibility index (Phi) is 3.80. The number of rotatable bonds is 2. The average Bonchev–Trinajstić information content (AvgIpc) is 3.14. The van der Waals surface area contributed by atoms with E-state index in [0.29, 0.717) is 0 Å². The molecule has 2 aromatic carbocycles. The zero-order valence-corrected chi connectivity index (χ0v) is 17.9. The molecule has 2 aromatic rings. The van der Waals surface area contributed by atoms with Crippen molar-refractivity contribution in [2.24, 2.45) is 0 Å². The van der Waals surface area contributed by atoms with Crippen LogP contribution in [0, 0.1) is 27.7 Å². The standard InChI is InChI=1S/2C11H11.Hf/c2*1-8-6-7-9(2)11-5-3-4-10(8)11;/h2*3-7H,1-2H3;. The minimum absolute atomic E-state index is 0.741. The van der Waals surface area contributed by atoms with Crippen LogP contribution < -0.4 is 0 Å². The summed E-state index contributed by atoms with van der Waals surface area (Å²) in [7, 11) is 0. The fourth-order valence-corrected chi connectivity index (χ4v) is 10.9. The van der Waals surface area contributed by atoms with Gasteiger partial charge in [-0.05, 0) is 0 Å². The molecule has 0 amide bonds. The number of aryl methyl sites for hydroxylation is 4. The average molecular weight is 465 g/mol. The topological polar surface area (TPSA) is 0 Å². The van der Waals surface area contributed by atoms with Crippen molar-refractivity contribution in [3.05, 3.63) is 80.9 Å². The van der Waals surface area contributed by atoms with Gasteiger partial charge >= 0.3 is 151 Å². The second-order valence-corrected chi connectivity index (χ2v) is 12.6. The quantitative estimate of drug-likeness (QED) is 0.490. The van der Waals surface area contributed by atoms with Gasteiger partial charge in [-0.25, -0.2) is 0 Å². The normalized spacial score (nSPS) is 20.7. The third kappa shape index (κ3) is 2.45. The Labute approximate surface area is 150 Å². The molecule has 2 unspecified atom stereocenters. The van der Waals surface area contributed by atoms with Crippen LogP contribution in [0.5, 0.6) is 0 Å². The Bertz CT molecular complexity index is 783. The molecule has 0 saturated heterocycles. The van der Waals surface area contributed by atoms with E-state index in [-0.39, 0.29) is 0 Å². The number of fused-ring (bicyclic) bond motifs is 2. The maximum atomic E-state index is 2.50. The summed E-state index contributed by atoms with van der Waals surface area (Å²) >= 11 is -0.895. The van der Waals surface area contributed by atoms with Crippen LogP contribution in [0.25, 0.3) is 12.2 Å². The summed E-state index contributed by atoms with van der Waals surface area (Å²) < 4.78 is 1.48. The molecule has 0 saturated carbocycles. The summed E-state index contributed by atoms with van der Waals surface area (Å²) in [6, 6.07) is 9.16. The predicted molar refractivity (Wildman–Crippen MR) is 95.4 cm³/mol. The number of hydrogen-bond acceptors (Lipinski definition) is 0. The van der Waals surface area contributed by atoms with E-state index in [4.69, 9.17) is 0 Å². The molecule has 0 spiro atoms. The molecular formula is C22H22Hf. The first-order chi connectivity index (χ1) is 11.1. The van der Waals surface area contributed by atoms with E-state index in [1.807, 2.05) is 0 Å². The zero-order chi connectivity index (χ0) is 16.1. The summed E-state index contributed by atoms with van der Waals surface area (Å²) in [6.07, 6.45) is 9.78. The van der Waals surface area contributed by atoms with Gasteiger partial charge in [0.15, 0.2) is 0 Å². The number of hydrogen-bond donors (Lipinski definition) is 0. The van der Waals surface area contributed by atoms with Crippen molar-refractivity contribution in [3.8, 4) is 0 Å². The van der Waals surface area contributed by atoms with Gasteiger partial charge in [-0.2, -0.15) is 0 Å². The third-order valence-corrected chi connectivity index (χ3v) is 11.4. The maximum absolute atomic E-state index is 2.50. The van der Waals surface area contributed by atoms with E-state index in [1.54, 1.807) is 11.1 Å². The molecule has 0 aliphatic heterocycles. The summed E-state index contributed by atoms with van der Waals surface area (Å²) in [6.45, 7) is 9.07. The fraction of sp³-hybridized carbons (Fsp3) is 0.273. The summed E-state index contributed by atoms with van der Waals surface area (Å²) in [5.74, 6) is 0. The van der Waals surface area contributed by atoms with Crippen LogP contribution in [-0.4, -0.2) is 0 Å². The Morgan fingerprint density at radius 2 is 1.00 bits per heavy atom. The zero-order valence-electron chi connectivity index (χ0n) is 14.3. The van der Waals surface area contributed by atoms with Crippen LogP contribution in [-0.2, 0) is 22.9 Å².